The van der Waals surface area contributed by atoms with Crippen LogP contribution in [0.25, 0.3) is 0 Å². The molecule has 1 fully saturated rings. The first-order chi connectivity index (χ1) is 8.56. The topological polar surface area (TPSA) is 75.4 Å². The lowest BCUT2D eigenvalue weighted by Gasteiger charge is -2.33. The summed E-state index contributed by atoms with van der Waals surface area (Å²) in [4.78, 5) is 24.3. The lowest BCUT2D eigenvalue weighted by atomic mass is 9.94. The number of nitrogens with zero attached hydrogens (tertiary/aromatic N) is 3. The quantitative estimate of drug-likeness (QED) is 0.845. The fraction of sp³-hybridized carbons (Fsp3) is 0.583. The summed E-state index contributed by atoms with van der Waals surface area (Å²) in [5.74, 6) is -0.607. The van der Waals surface area contributed by atoms with Gasteiger partial charge in [-0.25, -0.2) is 4.68 Å². The maximum atomic E-state index is 11.5. The Kier molecular flexibility index (Phi) is 3.64. The first-order valence-corrected chi connectivity index (χ1v) is 6.06. The number of piperidine rings is 1. The number of aromatic nitrogens is 2. The number of anilines is 1. The molecule has 2 heterocycles. The monoisotopic (exact) mass is 251 g/mol. The van der Waals surface area contributed by atoms with Gasteiger partial charge in [0, 0.05) is 32.6 Å². The van der Waals surface area contributed by atoms with E-state index in [1.54, 1.807) is 19.3 Å². The van der Waals surface area contributed by atoms with Gasteiger partial charge in [0.25, 0.3) is 5.56 Å². The Morgan fingerprint density at radius 2 is 2.39 bits per heavy atom. The van der Waals surface area contributed by atoms with E-state index in [9.17, 15) is 9.59 Å². The Balaban J connectivity index is 2.10. The molecule has 0 aromatic carbocycles. The smallest absolute Gasteiger partial charge is 0.303 e. The van der Waals surface area contributed by atoms with E-state index in [1.165, 1.54) is 4.68 Å². The molecule has 18 heavy (non-hydrogen) atoms. The molecule has 0 radical (unpaired) electrons. The lowest BCUT2D eigenvalue weighted by molar-refractivity contribution is -0.138. The number of hydrogen-bond donors (Lipinski definition) is 1. The van der Waals surface area contributed by atoms with Crippen molar-refractivity contribution in [1.82, 2.24) is 9.78 Å². The van der Waals surface area contributed by atoms with Crippen LogP contribution >= 0.6 is 0 Å². The van der Waals surface area contributed by atoms with E-state index in [0.29, 0.717) is 6.54 Å². The molecular weight excluding hydrogens is 234 g/mol. The molecule has 1 aromatic rings. The zero-order chi connectivity index (χ0) is 13.1. The van der Waals surface area contributed by atoms with Gasteiger partial charge in [-0.3, -0.25) is 9.59 Å². The molecule has 6 heteroatoms. The molecular formula is C12H17N3O3. The number of carboxylic acids is 1. The van der Waals surface area contributed by atoms with Crippen molar-refractivity contribution in [3.8, 4) is 0 Å². The molecule has 2 rings (SSSR count). The summed E-state index contributed by atoms with van der Waals surface area (Å²) < 4.78 is 1.28. The van der Waals surface area contributed by atoms with Gasteiger partial charge in [0.2, 0.25) is 0 Å². The van der Waals surface area contributed by atoms with Crippen molar-refractivity contribution in [2.45, 2.75) is 19.3 Å². The summed E-state index contributed by atoms with van der Waals surface area (Å²) in [6, 6.07) is 1.55. The minimum atomic E-state index is -0.760. The average Bonchev–Trinajstić information content (AvgIpc) is 2.32. The van der Waals surface area contributed by atoms with E-state index in [2.05, 4.69) is 5.10 Å². The summed E-state index contributed by atoms with van der Waals surface area (Å²) in [5.41, 5.74) is 0.640. The third-order valence-corrected chi connectivity index (χ3v) is 3.30. The van der Waals surface area contributed by atoms with Gasteiger partial charge in [-0.2, -0.15) is 5.10 Å². The van der Waals surface area contributed by atoms with Crippen LogP contribution in [0.1, 0.15) is 19.3 Å². The van der Waals surface area contributed by atoms with Crippen LogP contribution in [0, 0.1) is 5.92 Å². The standard InChI is InChI=1S/C12H17N3O3/c1-14-11(16)6-10(7-13-14)15-4-2-3-9(8-15)5-12(17)18/h6-7,9H,2-5,8H2,1H3,(H,17,18). The van der Waals surface area contributed by atoms with Crippen molar-refractivity contribution < 1.29 is 9.90 Å². The highest BCUT2D eigenvalue weighted by atomic mass is 16.4. The second-order valence-corrected chi connectivity index (χ2v) is 4.73. The molecule has 1 unspecified atom stereocenters. The first-order valence-electron chi connectivity index (χ1n) is 6.06. The Labute approximate surface area is 105 Å². The molecule has 1 saturated heterocycles. The fourth-order valence-corrected chi connectivity index (χ4v) is 2.35. The van der Waals surface area contributed by atoms with Crippen molar-refractivity contribution in [2.75, 3.05) is 18.0 Å². The van der Waals surface area contributed by atoms with Crippen molar-refractivity contribution in [2.24, 2.45) is 13.0 Å². The lowest BCUT2D eigenvalue weighted by Crippen LogP contribution is -2.37. The van der Waals surface area contributed by atoms with Crippen LogP contribution in [-0.2, 0) is 11.8 Å². The molecule has 0 spiro atoms. The van der Waals surface area contributed by atoms with Crippen LogP contribution in [0.15, 0.2) is 17.1 Å². The van der Waals surface area contributed by atoms with Crippen LogP contribution in [0.2, 0.25) is 0 Å². The average molecular weight is 251 g/mol. The molecule has 1 aliphatic heterocycles. The highest BCUT2D eigenvalue weighted by Crippen LogP contribution is 2.23. The number of aliphatic carboxylic acids is 1. The second kappa shape index (κ2) is 5.20. The van der Waals surface area contributed by atoms with Crippen LogP contribution < -0.4 is 10.5 Å². The summed E-state index contributed by atoms with van der Waals surface area (Å²) in [5, 5.41) is 12.8. The predicted molar refractivity (Wildman–Crippen MR) is 66.7 cm³/mol. The van der Waals surface area contributed by atoms with Crippen LogP contribution in [-0.4, -0.2) is 33.9 Å². The number of carbonyl (C=O) groups is 1. The summed E-state index contributed by atoms with van der Waals surface area (Å²) in [6.07, 6.45) is 3.73. The molecule has 1 N–H and O–H groups in total. The van der Waals surface area contributed by atoms with Gasteiger partial charge in [0.05, 0.1) is 11.9 Å². The Morgan fingerprint density at radius 1 is 1.61 bits per heavy atom. The maximum absolute atomic E-state index is 11.5. The van der Waals surface area contributed by atoms with Crippen molar-refractivity contribution >= 4 is 11.7 Å². The van der Waals surface area contributed by atoms with E-state index in [4.69, 9.17) is 5.11 Å². The highest BCUT2D eigenvalue weighted by Gasteiger charge is 2.22. The Bertz CT molecular complexity index is 498. The minimum Gasteiger partial charge on any atom is -0.481 e. The molecule has 1 aliphatic rings. The summed E-state index contributed by atoms with van der Waals surface area (Å²) in [7, 11) is 1.61. The van der Waals surface area contributed by atoms with Gasteiger partial charge in [-0.15, -0.1) is 0 Å². The molecule has 6 nitrogen and oxygen atoms in total. The number of hydrogen-bond acceptors (Lipinski definition) is 4. The van der Waals surface area contributed by atoms with Gasteiger partial charge in [0.15, 0.2) is 0 Å². The zero-order valence-corrected chi connectivity index (χ0v) is 10.4. The maximum Gasteiger partial charge on any atom is 0.303 e. The van der Waals surface area contributed by atoms with Gasteiger partial charge >= 0.3 is 5.97 Å². The zero-order valence-electron chi connectivity index (χ0n) is 10.4. The molecule has 0 saturated carbocycles. The van der Waals surface area contributed by atoms with E-state index in [0.717, 1.165) is 25.1 Å². The van der Waals surface area contributed by atoms with Crippen molar-refractivity contribution in [3.63, 3.8) is 0 Å². The van der Waals surface area contributed by atoms with E-state index >= 15 is 0 Å². The fourth-order valence-electron chi connectivity index (χ4n) is 2.35. The molecule has 98 valence electrons. The Morgan fingerprint density at radius 3 is 3.06 bits per heavy atom. The van der Waals surface area contributed by atoms with Crippen LogP contribution in [0.3, 0.4) is 0 Å². The SMILES string of the molecule is Cn1ncc(N2CCCC(CC(=O)O)C2)cc1=O. The van der Waals surface area contributed by atoms with E-state index in [1.807, 2.05) is 4.90 Å². The molecule has 0 bridgehead atoms. The third-order valence-electron chi connectivity index (χ3n) is 3.30. The third kappa shape index (κ3) is 2.88. The molecule has 1 aromatic heterocycles. The highest BCUT2D eigenvalue weighted by molar-refractivity contribution is 5.67. The number of aryl methyl sites for hydroxylation is 1. The largest absolute Gasteiger partial charge is 0.481 e. The molecule has 1 atom stereocenters. The van der Waals surface area contributed by atoms with Crippen LogP contribution in [0.4, 0.5) is 5.69 Å². The number of carboxylic acid groups (broad SMARTS) is 1. The van der Waals surface area contributed by atoms with Crippen molar-refractivity contribution in [1.29, 1.82) is 0 Å². The normalized spacial score (nSPS) is 19.8. The summed E-state index contributed by atoms with van der Waals surface area (Å²) in [6.45, 7) is 1.53. The van der Waals surface area contributed by atoms with E-state index in [-0.39, 0.29) is 17.9 Å². The van der Waals surface area contributed by atoms with Gasteiger partial charge in [-0.1, -0.05) is 0 Å². The van der Waals surface area contributed by atoms with Gasteiger partial charge < -0.3 is 10.0 Å². The van der Waals surface area contributed by atoms with Gasteiger partial charge in [-0.05, 0) is 18.8 Å². The molecule has 0 aliphatic carbocycles. The second-order valence-electron chi connectivity index (χ2n) is 4.73. The predicted octanol–water partition coefficient (Wildman–Crippen LogP) is 0.471. The minimum absolute atomic E-state index is 0.146. The summed E-state index contributed by atoms with van der Waals surface area (Å²) >= 11 is 0. The van der Waals surface area contributed by atoms with Crippen LogP contribution in [0.5, 0.6) is 0 Å². The molecule has 0 amide bonds. The Hall–Kier alpha value is -1.85. The van der Waals surface area contributed by atoms with Crippen molar-refractivity contribution in [3.05, 3.63) is 22.6 Å². The first kappa shape index (κ1) is 12.6. The van der Waals surface area contributed by atoms with E-state index < -0.39 is 5.97 Å². The van der Waals surface area contributed by atoms with Gasteiger partial charge in [0.1, 0.15) is 0 Å². The number of rotatable bonds is 3.